The molecule has 0 radical (unpaired) electrons. The SMILES string of the molecule is O=C(CCCn1[nH]nnc1=S)NC1CC1. The van der Waals surface area contributed by atoms with Crippen molar-refractivity contribution in [1.29, 1.82) is 0 Å². The minimum Gasteiger partial charge on any atom is -0.353 e. The molecule has 6 nitrogen and oxygen atoms in total. The van der Waals surface area contributed by atoms with Crippen molar-refractivity contribution in [3.63, 3.8) is 0 Å². The van der Waals surface area contributed by atoms with Crippen LogP contribution in [0.5, 0.6) is 0 Å². The van der Waals surface area contributed by atoms with Crippen molar-refractivity contribution in [2.24, 2.45) is 0 Å². The van der Waals surface area contributed by atoms with Crippen LogP contribution in [0.2, 0.25) is 0 Å². The molecule has 0 aromatic carbocycles. The van der Waals surface area contributed by atoms with Gasteiger partial charge in [-0.2, -0.15) is 5.21 Å². The summed E-state index contributed by atoms with van der Waals surface area (Å²) in [5.74, 6) is 0.122. The van der Waals surface area contributed by atoms with Gasteiger partial charge in [0.25, 0.3) is 0 Å². The van der Waals surface area contributed by atoms with E-state index in [1.165, 1.54) is 0 Å². The van der Waals surface area contributed by atoms with Gasteiger partial charge in [0.05, 0.1) is 0 Å². The Morgan fingerprint density at radius 2 is 2.47 bits per heavy atom. The first kappa shape index (κ1) is 10.3. The van der Waals surface area contributed by atoms with E-state index < -0.39 is 0 Å². The van der Waals surface area contributed by atoms with Gasteiger partial charge in [0.1, 0.15) is 0 Å². The lowest BCUT2D eigenvalue weighted by Gasteiger charge is -2.02. The molecule has 1 aliphatic carbocycles. The fraction of sp³-hybridized carbons (Fsp3) is 0.750. The van der Waals surface area contributed by atoms with Crippen LogP contribution < -0.4 is 5.32 Å². The van der Waals surface area contributed by atoms with Crippen LogP contribution in [0.1, 0.15) is 25.7 Å². The van der Waals surface area contributed by atoms with Gasteiger partial charge in [0.2, 0.25) is 10.7 Å². The topological polar surface area (TPSA) is 75.6 Å². The monoisotopic (exact) mass is 227 g/mol. The van der Waals surface area contributed by atoms with Gasteiger partial charge in [-0.15, -0.1) is 0 Å². The molecule has 2 N–H and O–H groups in total. The van der Waals surface area contributed by atoms with Gasteiger partial charge in [-0.1, -0.05) is 10.3 Å². The van der Waals surface area contributed by atoms with E-state index in [4.69, 9.17) is 12.2 Å². The zero-order valence-corrected chi connectivity index (χ0v) is 9.09. The van der Waals surface area contributed by atoms with E-state index in [9.17, 15) is 4.79 Å². The molecule has 0 aliphatic heterocycles. The molecule has 82 valence electrons. The number of amides is 1. The molecule has 1 fully saturated rings. The molecule has 15 heavy (non-hydrogen) atoms. The van der Waals surface area contributed by atoms with Gasteiger partial charge in [-0.25, -0.2) is 4.68 Å². The Bertz CT molecular complexity index is 394. The molecule has 0 spiro atoms. The van der Waals surface area contributed by atoms with Crippen molar-refractivity contribution in [3.05, 3.63) is 4.77 Å². The molecule has 0 atom stereocenters. The molecular formula is C8H13N5OS. The maximum atomic E-state index is 11.3. The van der Waals surface area contributed by atoms with Crippen molar-refractivity contribution in [1.82, 2.24) is 25.5 Å². The number of hydrogen-bond donors (Lipinski definition) is 2. The molecule has 0 saturated heterocycles. The fourth-order valence-electron chi connectivity index (χ4n) is 1.29. The molecule has 0 bridgehead atoms. The summed E-state index contributed by atoms with van der Waals surface area (Å²) in [7, 11) is 0. The number of hydrogen-bond acceptors (Lipinski definition) is 4. The number of tetrazole rings is 1. The minimum absolute atomic E-state index is 0.122. The van der Waals surface area contributed by atoms with E-state index in [-0.39, 0.29) is 5.91 Å². The first-order valence-corrected chi connectivity index (χ1v) is 5.44. The van der Waals surface area contributed by atoms with Gasteiger partial charge in [-0.3, -0.25) is 4.79 Å². The largest absolute Gasteiger partial charge is 0.353 e. The summed E-state index contributed by atoms with van der Waals surface area (Å²) in [4.78, 5) is 11.3. The molecule has 0 unspecified atom stereocenters. The molecule has 1 aromatic rings. The van der Waals surface area contributed by atoms with Gasteiger partial charge >= 0.3 is 0 Å². The van der Waals surface area contributed by atoms with Gasteiger partial charge in [0, 0.05) is 19.0 Å². The number of H-pyrrole nitrogens is 1. The highest BCUT2D eigenvalue weighted by atomic mass is 32.1. The highest BCUT2D eigenvalue weighted by molar-refractivity contribution is 7.71. The van der Waals surface area contributed by atoms with Crippen LogP contribution in [0.15, 0.2) is 0 Å². The highest BCUT2D eigenvalue weighted by Crippen LogP contribution is 2.18. The van der Waals surface area contributed by atoms with Gasteiger partial charge < -0.3 is 5.32 Å². The van der Waals surface area contributed by atoms with E-state index >= 15 is 0 Å². The van der Waals surface area contributed by atoms with Crippen LogP contribution in [-0.4, -0.2) is 32.2 Å². The predicted octanol–water partition coefficient (Wildman–Crippen LogP) is 0.394. The van der Waals surface area contributed by atoms with Crippen molar-refractivity contribution in [3.8, 4) is 0 Å². The summed E-state index contributed by atoms with van der Waals surface area (Å²) in [5, 5.41) is 12.8. The standard InChI is InChI=1S/C8H13N5OS/c14-7(9-6-3-4-6)2-1-5-13-8(15)10-11-12-13/h6H,1-5H2,(H,9,14)(H,10,12,15). The van der Waals surface area contributed by atoms with Crippen molar-refractivity contribution >= 4 is 18.1 Å². The van der Waals surface area contributed by atoms with Crippen molar-refractivity contribution < 1.29 is 4.79 Å². The molecule has 1 aliphatic rings. The van der Waals surface area contributed by atoms with Crippen LogP contribution in [0.4, 0.5) is 0 Å². The van der Waals surface area contributed by atoms with Crippen LogP contribution in [0.25, 0.3) is 0 Å². The number of nitrogens with zero attached hydrogens (tertiary/aromatic N) is 3. The summed E-state index contributed by atoms with van der Waals surface area (Å²) in [5.41, 5.74) is 0. The summed E-state index contributed by atoms with van der Waals surface area (Å²) < 4.78 is 2.08. The molecular weight excluding hydrogens is 214 g/mol. The average Bonchev–Trinajstić information content (AvgIpc) is 2.91. The normalized spacial score (nSPS) is 15.2. The van der Waals surface area contributed by atoms with E-state index in [2.05, 4.69) is 20.8 Å². The molecule has 7 heteroatoms. The summed E-state index contributed by atoms with van der Waals surface area (Å²) in [6.07, 6.45) is 3.52. The maximum Gasteiger partial charge on any atom is 0.238 e. The number of carbonyl (C=O) groups is 1. The second kappa shape index (κ2) is 4.52. The predicted molar refractivity (Wildman–Crippen MR) is 55.6 cm³/mol. The zero-order valence-electron chi connectivity index (χ0n) is 8.27. The Labute approximate surface area is 92.0 Å². The second-order valence-electron chi connectivity index (χ2n) is 3.68. The number of aromatic nitrogens is 4. The number of rotatable bonds is 5. The Morgan fingerprint density at radius 1 is 1.67 bits per heavy atom. The lowest BCUT2D eigenvalue weighted by molar-refractivity contribution is -0.121. The van der Waals surface area contributed by atoms with Crippen molar-refractivity contribution in [2.45, 2.75) is 38.3 Å². The summed E-state index contributed by atoms with van der Waals surface area (Å²) >= 11 is 4.90. The van der Waals surface area contributed by atoms with Crippen LogP contribution in [0.3, 0.4) is 0 Å². The molecule has 1 amide bonds. The molecule has 1 saturated carbocycles. The Balaban J connectivity index is 1.67. The maximum absolute atomic E-state index is 11.3. The Morgan fingerprint density at radius 3 is 3.07 bits per heavy atom. The van der Waals surface area contributed by atoms with E-state index in [0.717, 1.165) is 19.3 Å². The number of carbonyl (C=O) groups excluding carboxylic acids is 1. The summed E-state index contributed by atoms with van der Waals surface area (Å²) in [6.45, 7) is 0.657. The van der Waals surface area contributed by atoms with Crippen LogP contribution in [0, 0.1) is 4.77 Å². The first-order valence-electron chi connectivity index (χ1n) is 5.03. The fourth-order valence-corrected chi connectivity index (χ4v) is 1.46. The lowest BCUT2D eigenvalue weighted by atomic mass is 10.3. The number of aryl methyl sites for hydroxylation is 1. The number of aromatic amines is 1. The Kier molecular flexibility index (Phi) is 3.10. The van der Waals surface area contributed by atoms with E-state index in [1.54, 1.807) is 4.68 Å². The molecule has 2 rings (SSSR count). The quantitative estimate of drug-likeness (QED) is 0.714. The molecule has 1 heterocycles. The van der Waals surface area contributed by atoms with Crippen LogP contribution >= 0.6 is 12.2 Å². The third kappa shape index (κ3) is 3.12. The second-order valence-corrected chi connectivity index (χ2v) is 4.04. The van der Waals surface area contributed by atoms with E-state index in [1.807, 2.05) is 0 Å². The van der Waals surface area contributed by atoms with Crippen LogP contribution in [-0.2, 0) is 11.3 Å². The van der Waals surface area contributed by atoms with Gasteiger partial charge in [0.15, 0.2) is 0 Å². The highest BCUT2D eigenvalue weighted by Gasteiger charge is 2.22. The average molecular weight is 227 g/mol. The molecule has 1 aromatic heterocycles. The zero-order chi connectivity index (χ0) is 10.7. The van der Waals surface area contributed by atoms with Crippen molar-refractivity contribution in [2.75, 3.05) is 0 Å². The first-order chi connectivity index (χ1) is 7.25. The Hall–Kier alpha value is -1.24. The van der Waals surface area contributed by atoms with E-state index in [0.29, 0.717) is 23.8 Å². The third-order valence-corrected chi connectivity index (χ3v) is 2.56. The minimum atomic E-state index is 0.122. The van der Waals surface area contributed by atoms with Gasteiger partial charge in [-0.05, 0) is 31.5 Å². The smallest absolute Gasteiger partial charge is 0.238 e. The number of nitrogens with one attached hydrogen (secondary N) is 2. The summed E-state index contributed by atoms with van der Waals surface area (Å²) in [6, 6.07) is 0.438. The third-order valence-electron chi connectivity index (χ3n) is 2.26. The lowest BCUT2D eigenvalue weighted by Crippen LogP contribution is -2.25.